The Balaban J connectivity index is 0.00000196. The van der Waals surface area contributed by atoms with Crippen LogP contribution in [0.4, 0.5) is 0 Å². The predicted octanol–water partition coefficient (Wildman–Crippen LogP) is -2.14. The fraction of sp³-hybridized carbons (Fsp3) is 0.545. The minimum absolute atomic E-state index is 0. The second-order valence-electron chi connectivity index (χ2n) is 3.38. The van der Waals surface area contributed by atoms with Gasteiger partial charge in [-0.3, -0.25) is 4.98 Å². The van der Waals surface area contributed by atoms with Crippen LogP contribution < -0.4 is 21.5 Å². The third kappa shape index (κ3) is 6.32. The van der Waals surface area contributed by atoms with E-state index in [9.17, 15) is 0 Å². The molecule has 0 aliphatic carbocycles. The number of aromatic amines is 1. The van der Waals surface area contributed by atoms with Gasteiger partial charge in [0.1, 0.15) is 18.5 Å². The van der Waals surface area contributed by atoms with E-state index in [1.54, 1.807) is 0 Å². The van der Waals surface area contributed by atoms with Gasteiger partial charge in [0.2, 0.25) is 6.33 Å². The second-order valence-corrected chi connectivity index (χ2v) is 3.38. The van der Waals surface area contributed by atoms with Crippen LogP contribution in [0, 0.1) is 12.3 Å². The van der Waals surface area contributed by atoms with Gasteiger partial charge in [0, 0.05) is 0 Å². The van der Waals surface area contributed by atoms with Crippen molar-refractivity contribution in [2.75, 3.05) is 0 Å². The molecular weight excluding hydrogens is 256 g/mol. The number of unbranched alkanes of at least 4 members (excludes halogenated alkanes) is 2. The summed E-state index contributed by atoms with van der Waals surface area (Å²) in [6.45, 7) is 1.02. The molecule has 0 bridgehead atoms. The van der Waals surface area contributed by atoms with Crippen molar-refractivity contribution >= 4 is 0 Å². The summed E-state index contributed by atoms with van der Waals surface area (Å²) in [5, 5.41) is 9.09. The number of nitrogens with zero attached hydrogens (tertiary/aromatic N) is 1. The average molecular weight is 273 g/mol. The first kappa shape index (κ1) is 14.2. The molecule has 1 atom stereocenters. The van der Waals surface area contributed by atoms with Gasteiger partial charge in [0.05, 0.1) is 6.54 Å². The van der Waals surface area contributed by atoms with E-state index in [0.717, 1.165) is 25.8 Å². The number of H-pyrrole nitrogens is 1. The van der Waals surface area contributed by atoms with Crippen molar-refractivity contribution in [2.45, 2.75) is 38.3 Å². The maximum absolute atomic E-state index is 9.09. The standard InChI is InChI=1S/C11H16N2O.BrH/c1-2-11(14)6-4-3-5-8-13-9-7-12-10-13;/h1,7,9-11,14H,3-6,8H2;1H. The first-order valence-electron chi connectivity index (χ1n) is 4.99. The Kier molecular flexibility index (Phi) is 8.06. The third-order valence-corrected chi connectivity index (χ3v) is 2.19. The lowest BCUT2D eigenvalue weighted by Crippen LogP contribution is -3.00. The van der Waals surface area contributed by atoms with Gasteiger partial charge in [0.15, 0.2) is 0 Å². The minimum atomic E-state index is -0.560. The summed E-state index contributed by atoms with van der Waals surface area (Å²) >= 11 is 0. The molecule has 2 N–H and O–H groups in total. The molecule has 3 nitrogen and oxygen atoms in total. The van der Waals surface area contributed by atoms with Gasteiger partial charge >= 0.3 is 0 Å². The van der Waals surface area contributed by atoms with Gasteiger partial charge in [-0.2, -0.15) is 0 Å². The molecule has 1 heterocycles. The topological polar surface area (TPSA) is 39.9 Å². The monoisotopic (exact) mass is 272 g/mol. The van der Waals surface area contributed by atoms with Crippen LogP contribution in [0.25, 0.3) is 0 Å². The maximum atomic E-state index is 9.09. The molecule has 0 spiro atoms. The average Bonchev–Trinajstić information content (AvgIpc) is 2.69. The number of halogens is 1. The first-order valence-corrected chi connectivity index (χ1v) is 4.99. The quantitative estimate of drug-likeness (QED) is 0.347. The summed E-state index contributed by atoms with van der Waals surface area (Å²) in [5.41, 5.74) is 0. The van der Waals surface area contributed by atoms with Crippen LogP contribution in [-0.4, -0.2) is 16.2 Å². The van der Waals surface area contributed by atoms with Gasteiger partial charge in [-0.15, -0.1) is 6.42 Å². The molecule has 84 valence electrons. The molecule has 0 aliphatic heterocycles. The molecule has 0 fully saturated rings. The molecule has 0 aromatic carbocycles. The summed E-state index contributed by atoms with van der Waals surface area (Å²) in [7, 11) is 0. The van der Waals surface area contributed by atoms with Crippen LogP contribution in [-0.2, 0) is 6.54 Å². The Morgan fingerprint density at radius 1 is 1.40 bits per heavy atom. The molecule has 15 heavy (non-hydrogen) atoms. The number of imidazole rings is 1. The Labute approximate surface area is 101 Å². The highest BCUT2D eigenvalue weighted by molar-refractivity contribution is 4.92. The summed E-state index contributed by atoms with van der Waals surface area (Å²) in [4.78, 5) is 2.99. The van der Waals surface area contributed by atoms with Crippen LogP contribution in [0.5, 0.6) is 0 Å². The molecule has 0 saturated heterocycles. The number of rotatable bonds is 6. The van der Waals surface area contributed by atoms with E-state index in [4.69, 9.17) is 11.5 Å². The lowest BCUT2D eigenvalue weighted by Gasteiger charge is -2.01. The summed E-state index contributed by atoms with van der Waals surface area (Å²) in [6, 6.07) is 0. The molecule has 1 aromatic heterocycles. The zero-order valence-corrected chi connectivity index (χ0v) is 10.3. The second kappa shape index (κ2) is 8.51. The Morgan fingerprint density at radius 2 is 2.20 bits per heavy atom. The Bertz CT molecular complexity index is 279. The number of aryl methyl sites for hydroxylation is 1. The first-order chi connectivity index (χ1) is 6.83. The molecule has 0 radical (unpaired) electrons. The van der Waals surface area contributed by atoms with Crippen LogP contribution in [0.3, 0.4) is 0 Å². The lowest BCUT2D eigenvalue weighted by molar-refractivity contribution is -0.696. The number of hydrogen-bond acceptors (Lipinski definition) is 1. The number of aliphatic hydroxyl groups is 1. The van der Waals surface area contributed by atoms with Crippen molar-refractivity contribution in [3.8, 4) is 12.3 Å². The van der Waals surface area contributed by atoms with E-state index < -0.39 is 6.10 Å². The summed E-state index contributed by atoms with van der Waals surface area (Å²) in [5.74, 6) is 2.31. The largest absolute Gasteiger partial charge is 1.00 e. The van der Waals surface area contributed by atoms with E-state index in [2.05, 4.69) is 15.5 Å². The normalized spacial score (nSPS) is 11.5. The highest BCUT2D eigenvalue weighted by Crippen LogP contribution is 2.02. The molecule has 1 aromatic rings. The smallest absolute Gasteiger partial charge is 0.241 e. The number of aromatic nitrogens is 2. The van der Waals surface area contributed by atoms with E-state index in [1.165, 1.54) is 0 Å². The maximum Gasteiger partial charge on any atom is 0.241 e. The molecule has 4 heteroatoms. The number of nitrogens with one attached hydrogen (secondary N) is 1. The zero-order valence-electron chi connectivity index (χ0n) is 8.69. The summed E-state index contributed by atoms with van der Waals surface area (Å²) < 4.78 is 2.11. The van der Waals surface area contributed by atoms with Gasteiger partial charge < -0.3 is 22.1 Å². The Morgan fingerprint density at radius 3 is 2.80 bits per heavy atom. The third-order valence-electron chi connectivity index (χ3n) is 2.19. The highest BCUT2D eigenvalue weighted by Gasteiger charge is 1.99. The van der Waals surface area contributed by atoms with Crippen molar-refractivity contribution in [3.05, 3.63) is 18.7 Å². The van der Waals surface area contributed by atoms with Crippen LogP contribution >= 0.6 is 0 Å². The molecular formula is C11H17BrN2O. The molecule has 0 amide bonds. The molecule has 0 aliphatic rings. The van der Waals surface area contributed by atoms with Crippen molar-refractivity contribution in [1.82, 2.24) is 4.98 Å². The Hall–Kier alpha value is -0.790. The minimum Gasteiger partial charge on any atom is -1.00 e. The van der Waals surface area contributed by atoms with Crippen molar-refractivity contribution in [3.63, 3.8) is 0 Å². The van der Waals surface area contributed by atoms with Crippen LogP contribution in [0.2, 0.25) is 0 Å². The molecule has 0 saturated carbocycles. The van der Waals surface area contributed by atoms with Crippen LogP contribution in [0.15, 0.2) is 18.7 Å². The predicted molar refractivity (Wildman–Crippen MR) is 54.3 cm³/mol. The van der Waals surface area contributed by atoms with Gasteiger partial charge in [-0.05, 0) is 25.7 Å². The van der Waals surface area contributed by atoms with Gasteiger partial charge in [-0.1, -0.05) is 5.92 Å². The summed E-state index contributed by atoms with van der Waals surface area (Å²) in [6.07, 6.45) is 14.3. The molecule has 1 unspecified atom stereocenters. The van der Waals surface area contributed by atoms with Crippen LogP contribution in [0.1, 0.15) is 25.7 Å². The SMILES string of the molecule is C#CC(O)CCCCC[n+]1cc[nH]c1.[Br-]. The number of terminal acetylenes is 1. The zero-order chi connectivity index (χ0) is 10.2. The van der Waals surface area contributed by atoms with E-state index in [-0.39, 0.29) is 17.0 Å². The van der Waals surface area contributed by atoms with E-state index in [0.29, 0.717) is 6.42 Å². The van der Waals surface area contributed by atoms with Gasteiger partial charge in [-0.25, -0.2) is 4.57 Å². The fourth-order valence-corrected chi connectivity index (χ4v) is 1.35. The highest BCUT2D eigenvalue weighted by atomic mass is 79.9. The van der Waals surface area contributed by atoms with Crippen molar-refractivity contribution < 1.29 is 26.7 Å². The molecule has 1 rings (SSSR count). The van der Waals surface area contributed by atoms with E-state index in [1.807, 2.05) is 18.7 Å². The van der Waals surface area contributed by atoms with Crippen molar-refractivity contribution in [1.29, 1.82) is 0 Å². The fourth-order valence-electron chi connectivity index (χ4n) is 1.35. The van der Waals surface area contributed by atoms with Crippen molar-refractivity contribution in [2.24, 2.45) is 0 Å². The number of aliphatic hydroxyl groups excluding tert-OH is 1. The van der Waals surface area contributed by atoms with E-state index >= 15 is 0 Å². The van der Waals surface area contributed by atoms with Gasteiger partial charge in [0.25, 0.3) is 0 Å². The number of hydrogen-bond donors (Lipinski definition) is 2. The lowest BCUT2D eigenvalue weighted by atomic mass is 10.1.